The Morgan fingerprint density at radius 2 is 1.61 bits per heavy atom. The first-order valence-electron chi connectivity index (χ1n) is 8.83. The van der Waals surface area contributed by atoms with Gasteiger partial charge in [0.25, 0.3) is 5.91 Å². The molecule has 152 valence electrons. The van der Waals surface area contributed by atoms with E-state index in [9.17, 15) is 13.2 Å². The maximum atomic E-state index is 12.3. The van der Waals surface area contributed by atoms with Gasteiger partial charge in [0.2, 0.25) is 10.0 Å². The smallest absolute Gasteiger partial charge is 0.257 e. The number of carbonyl (C=O) groups excluding carboxylic acids is 1. The Balaban J connectivity index is 1.75. The van der Waals surface area contributed by atoms with Crippen LogP contribution in [0.1, 0.15) is 26.3 Å². The number of benzene rings is 2. The van der Waals surface area contributed by atoms with Crippen molar-refractivity contribution in [2.45, 2.75) is 31.1 Å². The van der Waals surface area contributed by atoms with Crippen molar-refractivity contribution < 1.29 is 17.9 Å². The predicted octanol–water partition coefficient (Wildman–Crippen LogP) is 3.11. The van der Waals surface area contributed by atoms with Crippen molar-refractivity contribution in [3.05, 3.63) is 59.1 Å². The summed E-state index contributed by atoms with van der Waals surface area (Å²) in [6.45, 7) is 6.26. The third-order valence-electron chi connectivity index (χ3n) is 3.95. The van der Waals surface area contributed by atoms with E-state index in [-0.39, 0.29) is 35.9 Å². The van der Waals surface area contributed by atoms with Crippen LogP contribution >= 0.6 is 11.6 Å². The molecule has 0 atom stereocenters. The topological polar surface area (TPSA) is 84.5 Å². The minimum absolute atomic E-state index is 0.0475. The van der Waals surface area contributed by atoms with Crippen LogP contribution in [0.2, 0.25) is 5.02 Å². The maximum Gasteiger partial charge on any atom is 0.257 e. The molecule has 8 heteroatoms. The lowest BCUT2D eigenvalue weighted by molar-refractivity contribution is -0.123. The van der Waals surface area contributed by atoms with Crippen LogP contribution in [-0.2, 0) is 20.2 Å². The normalized spacial score (nSPS) is 11.9. The van der Waals surface area contributed by atoms with E-state index < -0.39 is 10.0 Å². The Hall–Kier alpha value is -2.09. The van der Waals surface area contributed by atoms with Gasteiger partial charge in [0.05, 0.1) is 4.90 Å². The zero-order valence-corrected chi connectivity index (χ0v) is 17.7. The number of rotatable bonds is 8. The lowest BCUT2D eigenvalue weighted by Crippen LogP contribution is -2.36. The number of hydrogen-bond acceptors (Lipinski definition) is 4. The second kappa shape index (κ2) is 9.41. The fourth-order valence-corrected chi connectivity index (χ4v) is 3.49. The number of hydrogen-bond donors (Lipinski definition) is 2. The molecular formula is C20H25ClN2O4S. The highest BCUT2D eigenvalue weighted by atomic mass is 35.5. The van der Waals surface area contributed by atoms with Crippen molar-refractivity contribution in [3.63, 3.8) is 0 Å². The molecule has 6 nitrogen and oxygen atoms in total. The minimum atomic E-state index is -3.62. The highest BCUT2D eigenvalue weighted by Crippen LogP contribution is 2.23. The molecule has 0 unspecified atom stereocenters. The van der Waals surface area contributed by atoms with Crippen LogP contribution in [-0.4, -0.2) is 34.0 Å². The van der Waals surface area contributed by atoms with Crippen LogP contribution in [0.4, 0.5) is 0 Å². The standard InChI is InChI=1S/C20H25ClN2O4S/c1-20(2,3)15-4-10-18(11-5-15)28(25,26)23-13-12-22-19(24)14-27-17-8-6-16(21)7-9-17/h4-11,23H,12-14H2,1-3H3,(H,22,24). The number of nitrogens with one attached hydrogen (secondary N) is 2. The van der Waals surface area contributed by atoms with Gasteiger partial charge in [-0.15, -0.1) is 0 Å². The molecule has 0 aliphatic heterocycles. The molecule has 0 saturated heterocycles. The van der Waals surface area contributed by atoms with Crippen LogP contribution in [0.3, 0.4) is 0 Å². The minimum Gasteiger partial charge on any atom is -0.484 e. The van der Waals surface area contributed by atoms with Crippen LogP contribution in [0.5, 0.6) is 5.75 Å². The summed E-state index contributed by atoms with van der Waals surface area (Å²) < 4.78 is 32.4. The summed E-state index contributed by atoms with van der Waals surface area (Å²) in [5.74, 6) is 0.183. The van der Waals surface area contributed by atoms with Gasteiger partial charge in [-0.25, -0.2) is 13.1 Å². The van der Waals surface area contributed by atoms with E-state index >= 15 is 0 Å². The van der Waals surface area contributed by atoms with Gasteiger partial charge in [-0.05, 0) is 47.4 Å². The molecule has 0 heterocycles. The number of halogens is 1. The van der Waals surface area contributed by atoms with Crippen molar-refractivity contribution >= 4 is 27.5 Å². The molecule has 1 amide bonds. The van der Waals surface area contributed by atoms with Gasteiger partial charge >= 0.3 is 0 Å². The molecule has 0 aromatic heterocycles. The van der Waals surface area contributed by atoms with E-state index in [1.165, 1.54) is 0 Å². The monoisotopic (exact) mass is 424 g/mol. The van der Waals surface area contributed by atoms with Crippen molar-refractivity contribution in [2.24, 2.45) is 0 Å². The molecule has 0 bridgehead atoms. The highest BCUT2D eigenvalue weighted by Gasteiger charge is 2.17. The van der Waals surface area contributed by atoms with Crippen LogP contribution in [0.15, 0.2) is 53.4 Å². The Kier molecular flexibility index (Phi) is 7.46. The highest BCUT2D eigenvalue weighted by molar-refractivity contribution is 7.89. The second-order valence-corrected chi connectivity index (χ2v) is 9.47. The number of sulfonamides is 1. The molecule has 0 aliphatic carbocycles. The molecule has 2 aromatic rings. The number of amides is 1. The summed E-state index contributed by atoms with van der Waals surface area (Å²) in [6.07, 6.45) is 0. The molecule has 0 fully saturated rings. The molecule has 0 saturated carbocycles. The summed E-state index contributed by atoms with van der Waals surface area (Å²) in [6, 6.07) is 13.4. The van der Waals surface area contributed by atoms with E-state index in [2.05, 4.69) is 30.8 Å². The lowest BCUT2D eigenvalue weighted by Gasteiger charge is -2.19. The second-order valence-electron chi connectivity index (χ2n) is 7.26. The van der Waals surface area contributed by atoms with E-state index in [1.54, 1.807) is 36.4 Å². The average molecular weight is 425 g/mol. The van der Waals surface area contributed by atoms with Gasteiger partial charge < -0.3 is 10.1 Å². The van der Waals surface area contributed by atoms with E-state index in [1.807, 2.05) is 12.1 Å². The van der Waals surface area contributed by atoms with E-state index in [0.29, 0.717) is 10.8 Å². The predicted molar refractivity (Wildman–Crippen MR) is 110 cm³/mol. The van der Waals surface area contributed by atoms with Gasteiger partial charge in [-0.1, -0.05) is 44.5 Å². The molecule has 0 aliphatic rings. The zero-order chi connectivity index (χ0) is 20.8. The molecule has 0 spiro atoms. The molecule has 2 aromatic carbocycles. The number of carbonyl (C=O) groups is 1. The van der Waals surface area contributed by atoms with Gasteiger partial charge in [-0.2, -0.15) is 0 Å². The van der Waals surface area contributed by atoms with Gasteiger partial charge in [-0.3, -0.25) is 4.79 Å². The summed E-state index contributed by atoms with van der Waals surface area (Å²) in [5, 5.41) is 3.18. The first kappa shape index (κ1) is 22.2. The Bertz CT molecular complexity index is 889. The van der Waals surface area contributed by atoms with Crippen molar-refractivity contribution in [1.82, 2.24) is 10.0 Å². The quantitative estimate of drug-likeness (QED) is 0.637. The summed E-state index contributed by atoms with van der Waals surface area (Å²) in [7, 11) is -3.62. The summed E-state index contributed by atoms with van der Waals surface area (Å²) in [4.78, 5) is 12.0. The Morgan fingerprint density at radius 3 is 2.18 bits per heavy atom. The van der Waals surface area contributed by atoms with E-state index in [0.717, 1.165) is 5.56 Å². The first-order chi connectivity index (χ1) is 13.1. The Morgan fingerprint density at radius 1 is 1.00 bits per heavy atom. The molecule has 28 heavy (non-hydrogen) atoms. The largest absolute Gasteiger partial charge is 0.484 e. The molecule has 2 rings (SSSR count). The fourth-order valence-electron chi connectivity index (χ4n) is 2.34. The van der Waals surface area contributed by atoms with Crippen LogP contribution in [0, 0.1) is 0 Å². The number of ether oxygens (including phenoxy) is 1. The Labute approximate surface area is 171 Å². The third-order valence-corrected chi connectivity index (χ3v) is 5.68. The lowest BCUT2D eigenvalue weighted by atomic mass is 9.87. The molecule has 0 radical (unpaired) electrons. The van der Waals surface area contributed by atoms with Crippen molar-refractivity contribution in [1.29, 1.82) is 0 Å². The van der Waals surface area contributed by atoms with Crippen molar-refractivity contribution in [3.8, 4) is 5.75 Å². The molecular weight excluding hydrogens is 400 g/mol. The van der Waals surface area contributed by atoms with Gasteiger partial charge in [0, 0.05) is 18.1 Å². The van der Waals surface area contributed by atoms with E-state index in [4.69, 9.17) is 16.3 Å². The average Bonchev–Trinajstić information content (AvgIpc) is 2.64. The maximum absolute atomic E-state index is 12.3. The fraction of sp³-hybridized carbons (Fsp3) is 0.350. The summed E-state index contributed by atoms with van der Waals surface area (Å²) >= 11 is 5.78. The van der Waals surface area contributed by atoms with Gasteiger partial charge in [0.1, 0.15) is 5.75 Å². The van der Waals surface area contributed by atoms with Crippen LogP contribution < -0.4 is 14.8 Å². The van der Waals surface area contributed by atoms with Gasteiger partial charge in [0.15, 0.2) is 6.61 Å². The SMILES string of the molecule is CC(C)(C)c1ccc(S(=O)(=O)NCCNC(=O)COc2ccc(Cl)cc2)cc1. The van der Waals surface area contributed by atoms with Crippen molar-refractivity contribution in [2.75, 3.05) is 19.7 Å². The zero-order valence-electron chi connectivity index (χ0n) is 16.2. The summed E-state index contributed by atoms with van der Waals surface area (Å²) in [5.41, 5.74) is 1.01. The third kappa shape index (κ3) is 6.82. The first-order valence-corrected chi connectivity index (χ1v) is 10.7. The molecule has 2 N–H and O–H groups in total. The van der Waals surface area contributed by atoms with Crippen LogP contribution in [0.25, 0.3) is 0 Å².